The number of carbonyl (C=O) groups excluding carboxylic acids is 1. The Kier molecular flexibility index (Phi) is 2.74. The van der Waals surface area contributed by atoms with E-state index in [1.807, 2.05) is 0 Å². The van der Waals surface area contributed by atoms with Gasteiger partial charge in [-0.2, -0.15) is 0 Å². The third kappa shape index (κ3) is 1.84. The van der Waals surface area contributed by atoms with Gasteiger partial charge in [0.1, 0.15) is 0 Å². The van der Waals surface area contributed by atoms with Gasteiger partial charge in [0, 0.05) is 5.56 Å². The summed E-state index contributed by atoms with van der Waals surface area (Å²) < 4.78 is 37.8. The van der Waals surface area contributed by atoms with Crippen molar-refractivity contribution in [3.8, 4) is 0 Å². The average molecular weight is 200 g/mol. The summed E-state index contributed by atoms with van der Waals surface area (Å²) in [6.45, 7) is 4.73. The van der Waals surface area contributed by atoms with Gasteiger partial charge in [-0.25, -0.2) is 13.2 Å². The number of hydrogen-bond acceptors (Lipinski definition) is 1. The van der Waals surface area contributed by atoms with E-state index in [-0.39, 0.29) is 11.1 Å². The highest BCUT2D eigenvalue weighted by molar-refractivity contribution is 6.07. The third-order valence-electron chi connectivity index (χ3n) is 1.63. The van der Waals surface area contributed by atoms with Crippen LogP contribution in [0, 0.1) is 17.5 Å². The van der Waals surface area contributed by atoms with Crippen LogP contribution in [0.25, 0.3) is 0 Å². The minimum atomic E-state index is -1.58. The molecule has 0 aliphatic rings. The highest BCUT2D eigenvalue weighted by atomic mass is 19.2. The Balaban J connectivity index is 3.26. The molecule has 0 fully saturated rings. The van der Waals surface area contributed by atoms with Crippen LogP contribution in [0.15, 0.2) is 24.3 Å². The summed E-state index contributed by atoms with van der Waals surface area (Å²) in [6.07, 6.45) is 0. The number of ketones is 1. The molecule has 0 atom stereocenters. The molecular formula is C10H7F3O. The quantitative estimate of drug-likeness (QED) is 0.407. The van der Waals surface area contributed by atoms with Crippen LogP contribution < -0.4 is 0 Å². The van der Waals surface area contributed by atoms with Gasteiger partial charge >= 0.3 is 0 Å². The first kappa shape index (κ1) is 10.5. The van der Waals surface area contributed by atoms with Crippen LogP contribution in [0.5, 0.6) is 0 Å². The smallest absolute Gasteiger partial charge is 0.194 e. The molecule has 1 rings (SSSR count). The zero-order valence-corrected chi connectivity index (χ0v) is 7.40. The maximum Gasteiger partial charge on any atom is 0.194 e. The number of hydrogen-bond donors (Lipinski definition) is 0. The molecule has 0 heterocycles. The number of Topliss-reactive ketones (excluding diaryl/α,β-unsaturated/α-hetero) is 1. The van der Waals surface area contributed by atoms with Gasteiger partial charge in [-0.1, -0.05) is 6.58 Å². The number of halogens is 3. The standard InChI is InChI=1S/C10H7F3O/c1-5(2)10(14)6-3-7(11)9(13)8(12)4-6/h3-4H,1H2,2H3. The Morgan fingerprint density at radius 3 is 2.00 bits per heavy atom. The van der Waals surface area contributed by atoms with Gasteiger partial charge in [-0.3, -0.25) is 4.79 Å². The molecule has 1 nitrogen and oxygen atoms in total. The summed E-state index contributed by atoms with van der Waals surface area (Å²) in [5.74, 6) is -4.95. The monoisotopic (exact) mass is 200 g/mol. The maximum absolute atomic E-state index is 12.7. The lowest BCUT2D eigenvalue weighted by Gasteiger charge is -2.01. The Morgan fingerprint density at radius 2 is 1.64 bits per heavy atom. The minimum absolute atomic E-state index is 0.135. The van der Waals surface area contributed by atoms with Gasteiger partial charge in [0.05, 0.1) is 0 Å². The summed E-state index contributed by atoms with van der Waals surface area (Å²) >= 11 is 0. The van der Waals surface area contributed by atoms with Gasteiger partial charge in [-0.05, 0) is 24.6 Å². The van der Waals surface area contributed by atoms with E-state index in [0.717, 1.165) is 0 Å². The zero-order chi connectivity index (χ0) is 10.9. The molecule has 0 aliphatic heterocycles. The number of rotatable bonds is 2. The first-order valence-corrected chi connectivity index (χ1v) is 3.78. The van der Waals surface area contributed by atoms with Crippen molar-refractivity contribution in [2.24, 2.45) is 0 Å². The Labute approximate surface area is 78.9 Å². The van der Waals surface area contributed by atoms with Crippen LogP contribution in [0.3, 0.4) is 0 Å². The van der Waals surface area contributed by atoms with Crippen LogP contribution in [0.1, 0.15) is 17.3 Å². The molecule has 0 saturated heterocycles. The summed E-state index contributed by atoms with van der Waals surface area (Å²) in [7, 11) is 0. The van der Waals surface area contributed by atoms with Crippen molar-refractivity contribution in [2.45, 2.75) is 6.92 Å². The van der Waals surface area contributed by atoms with Crippen molar-refractivity contribution in [2.75, 3.05) is 0 Å². The number of carbonyl (C=O) groups is 1. The molecule has 1 aromatic rings. The molecule has 14 heavy (non-hydrogen) atoms. The van der Waals surface area contributed by atoms with Gasteiger partial charge < -0.3 is 0 Å². The average Bonchev–Trinajstić information content (AvgIpc) is 2.12. The van der Waals surface area contributed by atoms with E-state index in [1.165, 1.54) is 6.92 Å². The van der Waals surface area contributed by atoms with Crippen LogP contribution in [0.2, 0.25) is 0 Å². The number of benzene rings is 1. The van der Waals surface area contributed by atoms with Crippen LogP contribution in [0.4, 0.5) is 13.2 Å². The largest absolute Gasteiger partial charge is 0.289 e. The van der Waals surface area contributed by atoms with Crippen LogP contribution in [-0.4, -0.2) is 5.78 Å². The van der Waals surface area contributed by atoms with Crippen molar-refractivity contribution in [3.63, 3.8) is 0 Å². The van der Waals surface area contributed by atoms with Crippen molar-refractivity contribution in [1.29, 1.82) is 0 Å². The van der Waals surface area contributed by atoms with Crippen molar-refractivity contribution < 1.29 is 18.0 Å². The van der Waals surface area contributed by atoms with E-state index in [0.29, 0.717) is 12.1 Å². The summed E-state index contributed by atoms with van der Waals surface area (Å²) in [5, 5.41) is 0. The fourth-order valence-corrected chi connectivity index (χ4v) is 0.933. The lowest BCUT2D eigenvalue weighted by molar-refractivity contribution is 0.103. The van der Waals surface area contributed by atoms with Gasteiger partial charge in [0.2, 0.25) is 0 Å². The zero-order valence-electron chi connectivity index (χ0n) is 7.40. The summed E-state index contributed by atoms with van der Waals surface area (Å²) in [6, 6.07) is 1.30. The highest BCUT2D eigenvalue weighted by Gasteiger charge is 2.14. The SMILES string of the molecule is C=C(C)C(=O)c1cc(F)c(F)c(F)c1. The first-order chi connectivity index (χ1) is 6.43. The minimum Gasteiger partial charge on any atom is -0.289 e. The van der Waals surface area contributed by atoms with Crippen molar-refractivity contribution in [1.82, 2.24) is 0 Å². The van der Waals surface area contributed by atoms with E-state index in [4.69, 9.17) is 0 Å². The third-order valence-corrected chi connectivity index (χ3v) is 1.63. The molecule has 0 aliphatic carbocycles. The molecule has 0 bridgehead atoms. The van der Waals surface area contributed by atoms with E-state index in [2.05, 4.69) is 6.58 Å². The predicted octanol–water partition coefficient (Wildman–Crippen LogP) is 2.86. The number of allylic oxidation sites excluding steroid dienone is 1. The second-order valence-electron chi connectivity index (χ2n) is 2.86. The van der Waals surface area contributed by atoms with Crippen LogP contribution in [-0.2, 0) is 0 Å². The topological polar surface area (TPSA) is 17.1 Å². The molecule has 0 saturated carbocycles. The Bertz CT molecular complexity index is 387. The fourth-order valence-electron chi connectivity index (χ4n) is 0.933. The Hall–Kier alpha value is -1.58. The fraction of sp³-hybridized carbons (Fsp3) is 0.100. The molecule has 0 aromatic heterocycles. The van der Waals surface area contributed by atoms with Gasteiger partial charge in [0.25, 0.3) is 0 Å². The van der Waals surface area contributed by atoms with Crippen molar-refractivity contribution in [3.05, 3.63) is 47.3 Å². The summed E-state index contributed by atoms with van der Waals surface area (Å²) in [4.78, 5) is 11.2. The van der Waals surface area contributed by atoms with Gasteiger partial charge in [0.15, 0.2) is 23.2 Å². The molecule has 4 heteroatoms. The van der Waals surface area contributed by atoms with Crippen LogP contribution >= 0.6 is 0 Å². The lowest BCUT2D eigenvalue weighted by Crippen LogP contribution is -2.03. The van der Waals surface area contributed by atoms with E-state index in [1.54, 1.807) is 0 Å². The molecular weight excluding hydrogens is 193 g/mol. The lowest BCUT2D eigenvalue weighted by atomic mass is 10.1. The predicted molar refractivity (Wildman–Crippen MR) is 45.5 cm³/mol. The molecule has 0 spiro atoms. The summed E-state index contributed by atoms with van der Waals surface area (Å²) in [5.41, 5.74) is -0.107. The maximum atomic E-state index is 12.7. The molecule has 0 N–H and O–H groups in total. The van der Waals surface area contributed by atoms with Gasteiger partial charge in [-0.15, -0.1) is 0 Å². The second-order valence-corrected chi connectivity index (χ2v) is 2.86. The normalized spacial score (nSPS) is 10.0. The molecule has 74 valence electrons. The second kappa shape index (κ2) is 3.65. The molecule has 0 radical (unpaired) electrons. The first-order valence-electron chi connectivity index (χ1n) is 3.78. The molecule has 1 aromatic carbocycles. The van der Waals surface area contributed by atoms with E-state index < -0.39 is 23.2 Å². The molecule has 0 unspecified atom stereocenters. The highest BCUT2D eigenvalue weighted by Crippen LogP contribution is 2.15. The molecule has 0 amide bonds. The van der Waals surface area contributed by atoms with E-state index >= 15 is 0 Å². The van der Waals surface area contributed by atoms with E-state index in [9.17, 15) is 18.0 Å². The van der Waals surface area contributed by atoms with Crippen molar-refractivity contribution >= 4 is 5.78 Å². The Morgan fingerprint density at radius 1 is 1.21 bits per heavy atom.